The van der Waals surface area contributed by atoms with Gasteiger partial charge in [-0.1, -0.05) is 15.9 Å². The number of aliphatic hydroxyl groups excluding tert-OH is 1. The van der Waals surface area contributed by atoms with Crippen LogP contribution in [0.4, 0.5) is 0 Å². The molecule has 4 heteroatoms. The van der Waals surface area contributed by atoms with Crippen LogP contribution in [0.5, 0.6) is 5.75 Å². The SMILES string of the molecule is COc1ccc(Br)cc1SC[C@H]1CC[C@@H](O)CC1. The third-order valence-electron chi connectivity index (χ3n) is 3.42. The summed E-state index contributed by atoms with van der Waals surface area (Å²) in [6.45, 7) is 0. The predicted molar refractivity (Wildman–Crippen MR) is 79.4 cm³/mol. The van der Waals surface area contributed by atoms with E-state index in [1.807, 2.05) is 23.9 Å². The van der Waals surface area contributed by atoms with E-state index >= 15 is 0 Å². The summed E-state index contributed by atoms with van der Waals surface area (Å²) in [7, 11) is 1.71. The highest BCUT2D eigenvalue weighted by Crippen LogP contribution is 2.35. The highest BCUT2D eigenvalue weighted by molar-refractivity contribution is 9.10. The van der Waals surface area contributed by atoms with Crippen LogP contribution in [0.15, 0.2) is 27.6 Å². The van der Waals surface area contributed by atoms with E-state index < -0.39 is 0 Å². The molecule has 0 aliphatic heterocycles. The van der Waals surface area contributed by atoms with Crippen molar-refractivity contribution in [2.45, 2.75) is 36.7 Å². The molecule has 1 aromatic rings. The molecule has 2 nitrogen and oxygen atoms in total. The molecule has 1 fully saturated rings. The molecule has 1 aliphatic carbocycles. The first kappa shape index (κ1) is 14.2. The molecule has 0 aromatic heterocycles. The molecule has 1 aliphatic rings. The fraction of sp³-hybridized carbons (Fsp3) is 0.571. The van der Waals surface area contributed by atoms with E-state index in [0.29, 0.717) is 0 Å². The Bertz CT molecular complexity index is 389. The van der Waals surface area contributed by atoms with Crippen molar-refractivity contribution >= 4 is 27.7 Å². The van der Waals surface area contributed by atoms with Gasteiger partial charge in [-0.2, -0.15) is 0 Å². The lowest BCUT2D eigenvalue weighted by Gasteiger charge is -2.25. The fourth-order valence-corrected chi connectivity index (χ4v) is 4.05. The minimum Gasteiger partial charge on any atom is -0.496 e. The van der Waals surface area contributed by atoms with E-state index in [1.54, 1.807) is 7.11 Å². The zero-order chi connectivity index (χ0) is 13.0. The van der Waals surface area contributed by atoms with Crippen LogP contribution < -0.4 is 4.74 Å². The monoisotopic (exact) mass is 330 g/mol. The zero-order valence-corrected chi connectivity index (χ0v) is 13.0. The van der Waals surface area contributed by atoms with Gasteiger partial charge < -0.3 is 9.84 Å². The zero-order valence-electron chi connectivity index (χ0n) is 10.6. The van der Waals surface area contributed by atoms with Gasteiger partial charge in [-0.15, -0.1) is 11.8 Å². The number of benzene rings is 1. The summed E-state index contributed by atoms with van der Waals surface area (Å²) in [4.78, 5) is 1.19. The second-order valence-corrected chi connectivity index (χ2v) is 6.76. The van der Waals surface area contributed by atoms with Gasteiger partial charge in [0.2, 0.25) is 0 Å². The van der Waals surface area contributed by atoms with Gasteiger partial charge in [0.15, 0.2) is 0 Å². The van der Waals surface area contributed by atoms with E-state index in [2.05, 4.69) is 22.0 Å². The van der Waals surface area contributed by atoms with Gasteiger partial charge in [0, 0.05) is 10.2 Å². The minimum absolute atomic E-state index is 0.0633. The standard InChI is InChI=1S/C14H19BrO2S/c1-17-13-7-4-11(15)8-14(13)18-9-10-2-5-12(16)6-3-10/h4,7-8,10,12,16H,2-3,5-6,9H2,1H3/t10-,12+. The smallest absolute Gasteiger partial charge is 0.132 e. The maximum Gasteiger partial charge on any atom is 0.132 e. The van der Waals surface area contributed by atoms with Crippen LogP contribution in [0, 0.1) is 5.92 Å². The lowest BCUT2D eigenvalue weighted by atomic mass is 9.89. The lowest BCUT2D eigenvalue weighted by molar-refractivity contribution is 0.113. The second kappa shape index (κ2) is 6.83. The third-order valence-corrected chi connectivity index (χ3v) is 5.18. The Morgan fingerprint density at radius 3 is 2.72 bits per heavy atom. The quantitative estimate of drug-likeness (QED) is 0.843. The molecule has 0 spiro atoms. The Hall–Kier alpha value is -0.190. The van der Waals surface area contributed by atoms with E-state index in [1.165, 1.54) is 4.90 Å². The minimum atomic E-state index is -0.0633. The highest BCUT2D eigenvalue weighted by Gasteiger charge is 2.19. The van der Waals surface area contributed by atoms with Crippen molar-refractivity contribution in [3.63, 3.8) is 0 Å². The van der Waals surface area contributed by atoms with Gasteiger partial charge in [-0.25, -0.2) is 0 Å². The van der Waals surface area contributed by atoms with E-state index in [4.69, 9.17) is 4.74 Å². The number of hydrogen-bond acceptors (Lipinski definition) is 3. The Morgan fingerprint density at radius 1 is 1.33 bits per heavy atom. The number of methoxy groups -OCH3 is 1. The van der Waals surface area contributed by atoms with Gasteiger partial charge in [-0.05, 0) is 49.8 Å². The predicted octanol–water partition coefficient (Wildman–Crippen LogP) is 4.10. The number of hydrogen-bond donors (Lipinski definition) is 1. The molecule has 1 saturated carbocycles. The van der Waals surface area contributed by atoms with Gasteiger partial charge in [0.25, 0.3) is 0 Å². The second-order valence-electron chi connectivity index (χ2n) is 4.78. The molecule has 0 heterocycles. The Balaban J connectivity index is 1.91. The molecule has 100 valence electrons. The van der Waals surface area contributed by atoms with Crippen LogP contribution >= 0.6 is 27.7 Å². The molecule has 0 unspecified atom stereocenters. The first-order chi connectivity index (χ1) is 8.69. The van der Waals surface area contributed by atoms with Crippen molar-refractivity contribution in [1.29, 1.82) is 0 Å². The van der Waals surface area contributed by atoms with Gasteiger partial charge >= 0.3 is 0 Å². The molecular formula is C14H19BrO2S. The summed E-state index contributed by atoms with van der Waals surface area (Å²) < 4.78 is 6.46. The molecule has 0 bridgehead atoms. The average Bonchev–Trinajstić information content (AvgIpc) is 2.38. The summed E-state index contributed by atoms with van der Waals surface area (Å²) in [6, 6.07) is 6.11. The highest BCUT2D eigenvalue weighted by atomic mass is 79.9. The maximum atomic E-state index is 9.50. The van der Waals surface area contributed by atoms with E-state index in [9.17, 15) is 5.11 Å². The molecule has 0 atom stereocenters. The lowest BCUT2D eigenvalue weighted by Crippen LogP contribution is -2.19. The van der Waals surface area contributed by atoms with E-state index in [-0.39, 0.29) is 6.10 Å². The van der Waals surface area contributed by atoms with Gasteiger partial charge in [0.05, 0.1) is 18.1 Å². The molecule has 2 rings (SSSR count). The normalized spacial score (nSPS) is 23.9. The summed E-state index contributed by atoms with van der Waals surface area (Å²) in [5, 5.41) is 9.50. The third kappa shape index (κ3) is 3.90. The molecule has 0 amide bonds. The van der Waals surface area contributed by atoms with Crippen LogP contribution in [-0.4, -0.2) is 24.1 Å². The molecular weight excluding hydrogens is 312 g/mol. The van der Waals surface area contributed by atoms with Crippen LogP contribution in [-0.2, 0) is 0 Å². The molecule has 1 aromatic carbocycles. The summed E-state index contributed by atoms with van der Waals surface area (Å²) in [5.41, 5.74) is 0. The van der Waals surface area contributed by atoms with Crippen molar-refractivity contribution in [3.05, 3.63) is 22.7 Å². The van der Waals surface area contributed by atoms with Gasteiger partial charge in [0.1, 0.15) is 5.75 Å². The molecule has 0 radical (unpaired) electrons. The van der Waals surface area contributed by atoms with Crippen molar-refractivity contribution in [2.24, 2.45) is 5.92 Å². The van der Waals surface area contributed by atoms with Crippen molar-refractivity contribution < 1.29 is 9.84 Å². The molecule has 18 heavy (non-hydrogen) atoms. The van der Waals surface area contributed by atoms with Crippen molar-refractivity contribution in [2.75, 3.05) is 12.9 Å². The summed E-state index contributed by atoms with van der Waals surface area (Å²) in [5.74, 6) is 2.78. The number of ether oxygens (including phenoxy) is 1. The molecule has 1 N–H and O–H groups in total. The number of rotatable bonds is 4. The van der Waals surface area contributed by atoms with Crippen LogP contribution in [0.2, 0.25) is 0 Å². The fourth-order valence-electron chi connectivity index (χ4n) is 2.28. The Morgan fingerprint density at radius 2 is 2.06 bits per heavy atom. The first-order valence-corrected chi connectivity index (χ1v) is 8.11. The van der Waals surface area contributed by atoms with Crippen molar-refractivity contribution in [1.82, 2.24) is 0 Å². The number of halogens is 1. The van der Waals surface area contributed by atoms with Crippen molar-refractivity contribution in [3.8, 4) is 5.75 Å². The Labute approximate surface area is 121 Å². The molecule has 0 saturated heterocycles. The average molecular weight is 331 g/mol. The first-order valence-electron chi connectivity index (χ1n) is 6.33. The number of aliphatic hydroxyl groups is 1. The Kier molecular flexibility index (Phi) is 5.39. The summed E-state index contributed by atoms with van der Waals surface area (Å²) >= 11 is 5.35. The van der Waals surface area contributed by atoms with Crippen LogP contribution in [0.25, 0.3) is 0 Å². The maximum absolute atomic E-state index is 9.50. The van der Waals surface area contributed by atoms with Crippen LogP contribution in [0.1, 0.15) is 25.7 Å². The largest absolute Gasteiger partial charge is 0.496 e. The number of thioether (sulfide) groups is 1. The van der Waals surface area contributed by atoms with Crippen LogP contribution in [0.3, 0.4) is 0 Å². The van der Waals surface area contributed by atoms with Gasteiger partial charge in [-0.3, -0.25) is 0 Å². The summed E-state index contributed by atoms with van der Waals surface area (Å²) in [6.07, 6.45) is 4.14. The van der Waals surface area contributed by atoms with E-state index in [0.717, 1.165) is 47.6 Å². The topological polar surface area (TPSA) is 29.5 Å².